The molecule has 9 heteroatoms. The third kappa shape index (κ3) is 55.7. The van der Waals surface area contributed by atoms with Gasteiger partial charge >= 0.3 is 7.82 Å². The number of hydrogen-bond acceptors (Lipinski definition) is 5. The summed E-state index contributed by atoms with van der Waals surface area (Å²) in [6.07, 6.45) is 74.4. The maximum Gasteiger partial charge on any atom is 0.472 e. The van der Waals surface area contributed by atoms with Gasteiger partial charge in [0.1, 0.15) is 13.2 Å². The first kappa shape index (κ1) is 69.9. The lowest BCUT2D eigenvalue weighted by molar-refractivity contribution is -0.870. The van der Waals surface area contributed by atoms with Crippen LogP contribution in [0.5, 0.6) is 0 Å². The fourth-order valence-corrected chi connectivity index (χ4v) is 9.43. The molecule has 3 atom stereocenters. The molecule has 0 aliphatic heterocycles. The minimum Gasteiger partial charge on any atom is -0.387 e. The van der Waals surface area contributed by atoms with E-state index >= 15 is 0 Å². The van der Waals surface area contributed by atoms with Crippen LogP contribution in [0.25, 0.3) is 0 Å². The molecule has 0 aromatic rings. The highest BCUT2D eigenvalue weighted by atomic mass is 31.2. The molecule has 420 valence electrons. The molecule has 0 spiro atoms. The number of amides is 1. The van der Waals surface area contributed by atoms with Gasteiger partial charge in [-0.15, -0.1) is 0 Å². The Bertz CT molecular complexity index is 1400. The lowest BCUT2D eigenvalue weighted by Gasteiger charge is -2.25. The van der Waals surface area contributed by atoms with Gasteiger partial charge in [0.05, 0.1) is 39.9 Å². The molecule has 0 heterocycles. The number of hydrogen-bond donors (Lipinski definition) is 3. The van der Waals surface area contributed by atoms with Crippen LogP contribution in [-0.4, -0.2) is 73.4 Å². The van der Waals surface area contributed by atoms with Gasteiger partial charge < -0.3 is 19.8 Å². The lowest BCUT2D eigenvalue weighted by Crippen LogP contribution is -2.45. The minimum absolute atomic E-state index is 0.0549. The van der Waals surface area contributed by atoms with Crippen molar-refractivity contribution in [3.05, 3.63) is 72.9 Å². The van der Waals surface area contributed by atoms with Crippen LogP contribution in [0.1, 0.15) is 271 Å². The Hall–Kier alpha value is -2.06. The zero-order chi connectivity index (χ0) is 52.7. The van der Waals surface area contributed by atoms with E-state index in [1.54, 1.807) is 6.08 Å². The van der Waals surface area contributed by atoms with Gasteiger partial charge in [0, 0.05) is 6.42 Å². The van der Waals surface area contributed by atoms with Gasteiger partial charge in [0.25, 0.3) is 0 Å². The molecule has 1 amide bonds. The smallest absolute Gasteiger partial charge is 0.387 e. The first-order valence-electron chi connectivity index (χ1n) is 30.3. The molecular formula is C63H118N2O6P+. The average molecular weight is 1030 g/mol. The van der Waals surface area contributed by atoms with E-state index in [9.17, 15) is 19.4 Å². The number of rotatable bonds is 55. The van der Waals surface area contributed by atoms with Crippen LogP contribution in [0, 0.1) is 0 Å². The zero-order valence-corrected chi connectivity index (χ0v) is 48.8. The van der Waals surface area contributed by atoms with Crippen LogP contribution in [0.15, 0.2) is 72.9 Å². The van der Waals surface area contributed by atoms with E-state index in [1.165, 1.54) is 186 Å². The number of likely N-dealkylation sites (N-methyl/N-ethyl adjacent to an activating group) is 1. The summed E-state index contributed by atoms with van der Waals surface area (Å²) in [7, 11) is 1.56. The van der Waals surface area contributed by atoms with Gasteiger partial charge in [0.2, 0.25) is 5.91 Å². The first-order valence-corrected chi connectivity index (χ1v) is 31.8. The number of aliphatic hydroxyl groups is 1. The van der Waals surface area contributed by atoms with E-state index in [1.807, 2.05) is 27.2 Å². The second-order valence-electron chi connectivity index (χ2n) is 21.7. The summed E-state index contributed by atoms with van der Waals surface area (Å²) < 4.78 is 23.7. The highest BCUT2D eigenvalue weighted by molar-refractivity contribution is 7.47. The Labute approximate surface area is 446 Å². The van der Waals surface area contributed by atoms with Crippen molar-refractivity contribution in [2.75, 3.05) is 40.9 Å². The van der Waals surface area contributed by atoms with Crippen molar-refractivity contribution in [3.63, 3.8) is 0 Å². The summed E-state index contributed by atoms with van der Waals surface area (Å²) in [4.78, 5) is 23.3. The third-order valence-corrected chi connectivity index (χ3v) is 14.4. The van der Waals surface area contributed by atoms with Crippen molar-refractivity contribution < 1.29 is 32.9 Å². The van der Waals surface area contributed by atoms with E-state index in [0.717, 1.165) is 64.2 Å². The molecule has 0 aliphatic rings. The maximum atomic E-state index is 13.0. The summed E-state index contributed by atoms with van der Waals surface area (Å²) in [6, 6.07) is -0.866. The number of nitrogens with zero attached hydrogens (tertiary/aromatic N) is 1. The Kier molecular flexibility index (Phi) is 52.2. The van der Waals surface area contributed by atoms with Gasteiger partial charge in [-0.25, -0.2) is 4.57 Å². The van der Waals surface area contributed by atoms with E-state index in [2.05, 4.69) is 79.9 Å². The van der Waals surface area contributed by atoms with Gasteiger partial charge in [-0.2, -0.15) is 0 Å². The summed E-state index contributed by atoms with van der Waals surface area (Å²) >= 11 is 0. The predicted molar refractivity (Wildman–Crippen MR) is 313 cm³/mol. The summed E-state index contributed by atoms with van der Waals surface area (Å²) in [5, 5.41) is 13.9. The summed E-state index contributed by atoms with van der Waals surface area (Å²) in [6.45, 7) is 4.71. The topological polar surface area (TPSA) is 105 Å². The molecule has 0 saturated carbocycles. The van der Waals surface area contributed by atoms with Crippen molar-refractivity contribution in [2.24, 2.45) is 0 Å². The van der Waals surface area contributed by atoms with Crippen LogP contribution in [-0.2, 0) is 18.4 Å². The monoisotopic (exact) mass is 1030 g/mol. The van der Waals surface area contributed by atoms with Crippen molar-refractivity contribution in [1.29, 1.82) is 0 Å². The fraction of sp³-hybridized carbons (Fsp3) is 0.794. The standard InChI is InChI=1S/C63H117N2O6P/c1-6-8-10-12-14-16-18-20-22-24-26-28-29-30-31-32-33-34-35-37-39-41-43-45-47-49-51-53-55-57-63(67)64-61(60-71-72(68,69)70-59-58-65(3,4)5)62(66)56-54-52-50-48-46-44-42-40-38-36-27-25-23-21-19-17-15-13-11-9-7-2/h8,10,14,16,20,22,26,28,46,48,54,56,61-62,66H,6-7,9,11-13,15,17-19,21,23-25,27,29-45,47,49-53,55,57-60H2,1-5H3,(H-,64,67,68,69)/p+1/b10-8-,16-14-,22-20-,28-26-,48-46+,56-54+. The molecule has 0 radical (unpaired) electrons. The van der Waals surface area contributed by atoms with E-state index in [0.29, 0.717) is 17.4 Å². The second kappa shape index (κ2) is 53.8. The van der Waals surface area contributed by atoms with Crippen molar-refractivity contribution >= 4 is 13.7 Å². The van der Waals surface area contributed by atoms with Crippen molar-refractivity contribution in [1.82, 2.24) is 5.32 Å². The van der Waals surface area contributed by atoms with Crippen LogP contribution in [0.2, 0.25) is 0 Å². The van der Waals surface area contributed by atoms with Crippen LogP contribution in [0.3, 0.4) is 0 Å². The first-order chi connectivity index (χ1) is 35.0. The van der Waals surface area contributed by atoms with Gasteiger partial charge in [-0.05, 0) is 70.6 Å². The van der Waals surface area contributed by atoms with Gasteiger partial charge in [-0.1, -0.05) is 267 Å². The number of quaternary nitrogens is 1. The normalized spacial score (nSPS) is 14.4. The Morgan fingerprint density at radius 1 is 0.486 bits per heavy atom. The van der Waals surface area contributed by atoms with E-state index in [-0.39, 0.29) is 19.1 Å². The molecule has 0 saturated heterocycles. The molecule has 3 N–H and O–H groups in total. The number of carbonyl (C=O) groups excluding carboxylic acids is 1. The third-order valence-electron chi connectivity index (χ3n) is 13.4. The van der Waals surface area contributed by atoms with E-state index in [4.69, 9.17) is 9.05 Å². The largest absolute Gasteiger partial charge is 0.472 e. The molecule has 0 rings (SSSR count). The molecule has 3 unspecified atom stereocenters. The second-order valence-corrected chi connectivity index (χ2v) is 23.1. The molecule has 0 fully saturated rings. The highest BCUT2D eigenvalue weighted by Gasteiger charge is 2.27. The van der Waals surface area contributed by atoms with Crippen molar-refractivity contribution in [3.8, 4) is 0 Å². The Balaban J connectivity index is 4.18. The van der Waals surface area contributed by atoms with Crippen LogP contribution in [0.4, 0.5) is 0 Å². The summed E-state index contributed by atoms with van der Waals surface area (Å²) in [5.41, 5.74) is 0. The molecular weight excluding hydrogens is 912 g/mol. The van der Waals surface area contributed by atoms with E-state index < -0.39 is 20.0 Å². The molecule has 0 aromatic heterocycles. The number of carbonyl (C=O) groups is 1. The minimum atomic E-state index is -4.36. The number of unbranched alkanes of at least 4 members (excludes halogenated alkanes) is 32. The van der Waals surface area contributed by atoms with Crippen molar-refractivity contribution in [2.45, 2.75) is 283 Å². The molecule has 0 aromatic carbocycles. The SMILES string of the molecule is CC/C=C\C/C=C\C/C=C\C/C=C\CCCCCCCCCCCCCCCCCCC(=O)NC(COP(=O)(O)OCC[N+](C)(C)C)C(O)/C=C/CC/C=C/CCCCCCCCCCCCCCCCC. The molecule has 8 nitrogen and oxygen atoms in total. The Morgan fingerprint density at radius 3 is 1.28 bits per heavy atom. The number of aliphatic hydroxyl groups excluding tert-OH is 1. The fourth-order valence-electron chi connectivity index (χ4n) is 8.70. The predicted octanol–water partition coefficient (Wildman–Crippen LogP) is 18.7. The number of allylic oxidation sites excluding steroid dienone is 11. The van der Waals surface area contributed by atoms with Crippen LogP contribution < -0.4 is 5.32 Å². The number of nitrogens with one attached hydrogen (secondary N) is 1. The summed E-state index contributed by atoms with van der Waals surface area (Å²) in [5.74, 6) is -0.186. The van der Waals surface area contributed by atoms with Gasteiger partial charge in [-0.3, -0.25) is 13.8 Å². The number of phosphoric ester groups is 1. The van der Waals surface area contributed by atoms with Gasteiger partial charge in [0.15, 0.2) is 0 Å². The average Bonchev–Trinajstić information content (AvgIpc) is 3.34. The number of phosphoric acid groups is 1. The Morgan fingerprint density at radius 2 is 0.847 bits per heavy atom. The maximum absolute atomic E-state index is 13.0. The molecule has 0 aliphatic carbocycles. The highest BCUT2D eigenvalue weighted by Crippen LogP contribution is 2.43. The quantitative estimate of drug-likeness (QED) is 0.0243. The molecule has 72 heavy (non-hydrogen) atoms. The molecule has 0 bridgehead atoms. The van der Waals surface area contributed by atoms with Crippen LogP contribution >= 0.6 is 7.82 Å². The zero-order valence-electron chi connectivity index (χ0n) is 47.9. The lowest BCUT2D eigenvalue weighted by atomic mass is 10.0.